The molecule has 3 amide bonds. The van der Waals surface area contributed by atoms with Gasteiger partial charge < -0.3 is 25.0 Å². The summed E-state index contributed by atoms with van der Waals surface area (Å²) in [6.07, 6.45) is 2.54. The Kier molecular flexibility index (Phi) is 5.72. The van der Waals surface area contributed by atoms with Gasteiger partial charge in [0.25, 0.3) is 0 Å². The summed E-state index contributed by atoms with van der Waals surface area (Å²) in [5.41, 5.74) is 0.674. The molecule has 2 fully saturated rings. The fourth-order valence-electron chi connectivity index (χ4n) is 4.00. The van der Waals surface area contributed by atoms with Crippen LogP contribution in [0.25, 0.3) is 0 Å². The van der Waals surface area contributed by atoms with E-state index in [0.29, 0.717) is 13.1 Å². The molecule has 2 N–H and O–H groups in total. The monoisotopic (exact) mass is 389 g/mol. The molecule has 7 heteroatoms. The van der Waals surface area contributed by atoms with E-state index in [9.17, 15) is 9.59 Å². The van der Waals surface area contributed by atoms with Crippen molar-refractivity contribution in [2.24, 2.45) is 5.41 Å². The molecule has 1 heterocycles. The van der Waals surface area contributed by atoms with E-state index in [-0.39, 0.29) is 23.6 Å². The van der Waals surface area contributed by atoms with Crippen molar-refractivity contribution in [3.8, 4) is 5.75 Å². The van der Waals surface area contributed by atoms with E-state index in [2.05, 4.69) is 10.6 Å². The van der Waals surface area contributed by atoms with Crippen molar-refractivity contribution in [1.29, 1.82) is 0 Å². The number of methoxy groups -OCH3 is 1. The van der Waals surface area contributed by atoms with Gasteiger partial charge in [0, 0.05) is 25.7 Å². The van der Waals surface area contributed by atoms with Crippen LogP contribution in [0.3, 0.4) is 0 Å². The number of benzene rings is 1. The van der Waals surface area contributed by atoms with Gasteiger partial charge in [-0.05, 0) is 63.1 Å². The van der Waals surface area contributed by atoms with Gasteiger partial charge in [0.05, 0.1) is 7.11 Å². The first-order chi connectivity index (χ1) is 13.2. The molecule has 0 unspecified atom stereocenters. The minimum absolute atomic E-state index is 0.130. The molecular weight excluding hydrogens is 358 g/mol. The zero-order chi connectivity index (χ0) is 20.4. The number of rotatable bonds is 4. The average molecular weight is 389 g/mol. The molecule has 1 aromatic rings. The van der Waals surface area contributed by atoms with Gasteiger partial charge in [-0.3, -0.25) is 0 Å². The quantitative estimate of drug-likeness (QED) is 0.828. The van der Waals surface area contributed by atoms with Crippen molar-refractivity contribution >= 4 is 12.1 Å². The van der Waals surface area contributed by atoms with Gasteiger partial charge in [-0.15, -0.1) is 0 Å². The van der Waals surface area contributed by atoms with Crippen molar-refractivity contribution in [3.05, 3.63) is 29.8 Å². The Bertz CT molecular complexity index is 705. The summed E-state index contributed by atoms with van der Waals surface area (Å²) in [5.74, 6) is 0.796. The number of nitrogens with one attached hydrogen (secondary N) is 2. The van der Waals surface area contributed by atoms with Crippen molar-refractivity contribution < 1.29 is 19.1 Å². The van der Waals surface area contributed by atoms with E-state index < -0.39 is 5.60 Å². The topological polar surface area (TPSA) is 79.9 Å². The molecule has 1 aliphatic carbocycles. The SMILES string of the molecule is COc1ccc(CNC(=O)N[C@H]2C[C@@]3(CCN(C(=O)OC(C)(C)C)C3)C2)cc1. The number of amides is 3. The first-order valence-electron chi connectivity index (χ1n) is 9.83. The zero-order valence-corrected chi connectivity index (χ0v) is 17.2. The van der Waals surface area contributed by atoms with E-state index in [4.69, 9.17) is 9.47 Å². The minimum atomic E-state index is -0.474. The Morgan fingerprint density at radius 2 is 1.89 bits per heavy atom. The molecular formula is C21H31N3O4. The molecule has 1 saturated heterocycles. The van der Waals surface area contributed by atoms with Crippen molar-refractivity contribution in [2.45, 2.75) is 58.2 Å². The summed E-state index contributed by atoms with van der Waals surface area (Å²) in [4.78, 5) is 26.2. The Labute approximate surface area is 166 Å². The maximum absolute atomic E-state index is 12.2. The van der Waals surface area contributed by atoms with Gasteiger partial charge in [0.15, 0.2) is 0 Å². The second-order valence-electron chi connectivity index (χ2n) is 8.93. The first-order valence-corrected chi connectivity index (χ1v) is 9.83. The van der Waals surface area contributed by atoms with Crippen LogP contribution in [0.15, 0.2) is 24.3 Å². The minimum Gasteiger partial charge on any atom is -0.497 e. The maximum atomic E-state index is 12.2. The smallest absolute Gasteiger partial charge is 0.410 e. The lowest BCUT2D eigenvalue weighted by molar-refractivity contribution is 0.0222. The lowest BCUT2D eigenvalue weighted by Crippen LogP contribution is -2.54. The number of likely N-dealkylation sites (tertiary alicyclic amines) is 1. The van der Waals surface area contributed by atoms with E-state index in [1.807, 2.05) is 45.0 Å². The third kappa shape index (κ3) is 5.09. The molecule has 1 spiro atoms. The molecule has 0 atom stereocenters. The normalized spacial score (nSPS) is 23.9. The number of nitrogens with zero attached hydrogens (tertiary/aromatic N) is 1. The second-order valence-corrected chi connectivity index (χ2v) is 8.93. The highest BCUT2D eigenvalue weighted by Gasteiger charge is 2.50. The largest absolute Gasteiger partial charge is 0.497 e. The molecule has 1 aliphatic heterocycles. The number of urea groups is 1. The van der Waals surface area contributed by atoms with E-state index >= 15 is 0 Å². The fourth-order valence-corrected chi connectivity index (χ4v) is 4.00. The highest BCUT2D eigenvalue weighted by atomic mass is 16.6. The molecule has 1 saturated carbocycles. The van der Waals surface area contributed by atoms with Crippen LogP contribution in [0, 0.1) is 5.41 Å². The van der Waals surface area contributed by atoms with E-state index in [1.165, 1.54) is 0 Å². The number of carbonyl (C=O) groups excluding carboxylic acids is 2. The predicted molar refractivity (Wildman–Crippen MR) is 106 cm³/mol. The van der Waals surface area contributed by atoms with Crippen LogP contribution in [0.1, 0.15) is 45.6 Å². The van der Waals surface area contributed by atoms with Crippen LogP contribution < -0.4 is 15.4 Å². The molecule has 28 heavy (non-hydrogen) atoms. The molecule has 7 nitrogen and oxygen atoms in total. The standard InChI is InChI=1S/C21H31N3O4/c1-20(2,3)28-19(26)24-10-9-21(14-24)11-16(12-21)23-18(25)22-13-15-5-7-17(27-4)8-6-15/h5-8,16H,9-14H2,1-4H3,(H2,22,23,25)/t16-,21-. The van der Waals surface area contributed by atoms with Crippen molar-refractivity contribution in [1.82, 2.24) is 15.5 Å². The van der Waals surface area contributed by atoms with Crippen LogP contribution in [0.5, 0.6) is 5.75 Å². The molecule has 0 aromatic heterocycles. The maximum Gasteiger partial charge on any atom is 0.410 e. The van der Waals surface area contributed by atoms with E-state index in [1.54, 1.807) is 12.0 Å². The summed E-state index contributed by atoms with van der Waals surface area (Å²) >= 11 is 0. The third-order valence-corrected chi connectivity index (χ3v) is 5.40. The number of hydrogen-bond acceptors (Lipinski definition) is 4. The average Bonchev–Trinajstić information content (AvgIpc) is 3.04. The molecule has 154 valence electrons. The summed E-state index contributed by atoms with van der Waals surface area (Å²) in [6, 6.07) is 7.62. The third-order valence-electron chi connectivity index (χ3n) is 5.40. The van der Waals surface area contributed by atoms with Crippen LogP contribution >= 0.6 is 0 Å². The van der Waals surface area contributed by atoms with Crippen LogP contribution in [0.2, 0.25) is 0 Å². The van der Waals surface area contributed by atoms with Crippen molar-refractivity contribution in [2.75, 3.05) is 20.2 Å². The Hall–Kier alpha value is -2.44. The second kappa shape index (κ2) is 7.89. The summed E-state index contributed by atoms with van der Waals surface area (Å²) in [7, 11) is 1.63. The van der Waals surface area contributed by atoms with Crippen LogP contribution in [0.4, 0.5) is 9.59 Å². The van der Waals surface area contributed by atoms with Gasteiger partial charge in [-0.2, -0.15) is 0 Å². The lowest BCUT2D eigenvalue weighted by atomic mass is 9.65. The Balaban J connectivity index is 1.38. The summed E-state index contributed by atoms with van der Waals surface area (Å²) in [5, 5.41) is 5.93. The van der Waals surface area contributed by atoms with Crippen LogP contribution in [-0.2, 0) is 11.3 Å². The summed E-state index contributed by atoms with van der Waals surface area (Å²) in [6.45, 7) is 7.55. The summed E-state index contributed by atoms with van der Waals surface area (Å²) < 4.78 is 10.6. The molecule has 2 aliphatic rings. The molecule has 3 rings (SSSR count). The van der Waals surface area contributed by atoms with Crippen LogP contribution in [-0.4, -0.2) is 48.9 Å². The van der Waals surface area contributed by atoms with E-state index in [0.717, 1.165) is 37.1 Å². The first kappa shape index (κ1) is 20.3. The Morgan fingerprint density at radius 1 is 1.21 bits per heavy atom. The van der Waals surface area contributed by atoms with Gasteiger partial charge >= 0.3 is 12.1 Å². The number of hydrogen-bond donors (Lipinski definition) is 2. The highest BCUT2D eigenvalue weighted by Crippen LogP contribution is 2.48. The predicted octanol–water partition coefficient (Wildman–Crippen LogP) is 3.28. The zero-order valence-electron chi connectivity index (χ0n) is 17.2. The molecule has 0 radical (unpaired) electrons. The van der Waals surface area contributed by atoms with Gasteiger partial charge in [0.2, 0.25) is 0 Å². The van der Waals surface area contributed by atoms with Gasteiger partial charge in [-0.1, -0.05) is 12.1 Å². The molecule has 0 bridgehead atoms. The number of ether oxygens (including phenoxy) is 2. The Morgan fingerprint density at radius 3 is 2.50 bits per heavy atom. The van der Waals surface area contributed by atoms with Gasteiger partial charge in [-0.25, -0.2) is 9.59 Å². The van der Waals surface area contributed by atoms with Gasteiger partial charge in [0.1, 0.15) is 11.4 Å². The lowest BCUT2D eigenvalue weighted by Gasteiger charge is -2.45. The van der Waals surface area contributed by atoms with Crippen molar-refractivity contribution in [3.63, 3.8) is 0 Å². The fraction of sp³-hybridized carbons (Fsp3) is 0.619. The highest BCUT2D eigenvalue weighted by molar-refractivity contribution is 5.74. The molecule has 1 aromatic carbocycles. The number of carbonyl (C=O) groups is 2.